The average Bonchev–Trinajstić information content (AvgIpc) is 2.95. The van der Waals surface area contributed by atoms with Crippen LogP contribution in [-0.2, 0) is 16.0 Å². The fourth-order valence-corrected chi connectivity index (χ4v) is 2.53. The highest BCUT2D eigenvalue weighted by molar-refractivity contribution is 5.95. The molecule has 24 heavy (non-hydrogen) atoms. The summed E-state index contributed by atoms with van der Waals surface area (Å²) in [6.07, 6.45) is 1.03. The van der Waals surface area contributed by atoms with E-state index in [0.717, 1.165) is 23.2 Å². The molecule has 0 saturated carbocycles. The van der Waals surface area contributed by atoms with E-state index < -0.39 is 0 Å². The van der Waals surface area contributed by atoms with Crippen LogP contribution in [0.25, 0.3) is 0 Å². The van der Waals surface area contributed by atoms with Gasteiger partial charge in [-0.05, 0) is 31.4 Å². The number of aromatic nitrogens is 1. The molecule has 0 aliphatic heterocycles. The van der Waals surface area contributed by atoms with Crippen molar-refractivity contribution in [2.45, 2.75) is 40.5 Å². The number of hydrogen-bond donors (Lipinski definition) is 1. The third kappa shape index (κ3) is 4.22. The van der Waals surface area contributed by atoms with E-state index in [2.05, 4.69) is 17.4 Å². The van der Waals surface area contributed by atoms with E-state index in [-0.39, 0.29) is 24.8 Å². The fraction of sp³-hybridized carbons (Fsp3) is 0.389. The zero-order valence-electron chi connectivity index (χ0n) is 14.5. The molecular weight excluding hydrogens is 306 g/mol. The molecule has 1 aromatic carbocycles. The molecule has 2 aromatic rings. The maximum atomic E-state index is 12.3. The van der Waals surface area contributed by atoms with E-state index in [4.69, 9.17) is 4.52 Å². The number of benzene rings is 1. The highest BCUT2D eigenvalue weighted by Gasteiger charge is 2.17. The number of rotatable bonds is 6. The summed E-state index contributed by atoms with van der Waals surface area (Å²) in [5.74, 6) is 0.734. The number of aryl methyl sites for hydroxylation is 3. The number of amides is 2. The predicted molar refractivity (Wildman–Crippen MR) is 93.1 cm³/mol. The first kappa shape index (κ1) is 17.7. The third-order valence-corrected chi connectivity index (χ3v) is 3.84. The molecule has 0 fully saturated rings. The quantitative estimate of drug-likeness (QED) is 0.883. The standard InChI is InChI=1S/C18H23N3O3/c1-5-15-8-6-7-12(2)18(15)19-17(23)9-10-21(14(4)22)16-11-13(3)24-20-16/h6-8,11H,5,9-10H2,1-4H3,(H,19,23). The van der Waals surface area contributed by atoms with E-state index in [0.29, 0.717) is 11.6 Å². The summed E-state index contributed by atoms with van der Waals surface area (Å²) in [5, 5.41) is 6.80. The summed E-state index contributed by atoms with van der Waals surface area (Å²) in [6.45, 7) is 7.47. The summed E-state index contributed by atoms with van der Waals surface area (Å²) in [4.78, 5) is 25.5. The first-order valence-corrected chi connectivity index (χ1v) is 8.02. The van der Waals surface area contributed by atoms with Crippen molar-refractivity contribution in [2.75, 3.05) is 16.8 Å². The Hall–Kier alpha value is -2.63. The lowest BCUT2D eigenvalue weighted by Gasteiger charge is -2.18. The van der Waals surface area contributed by atoms with Gasteiger partial charge in [0.2, 0.25) is 11.8 Å². The summed E-state index contributed by atoms with van der Waals surface area (Å²) in [6, 6.07) is 7.63. The Labute approximate surface area is 141 Å². The monoisotopic (exact) mass is 329 g/mol. The molecule has 2 amide bonds. The van der Waals surface area contributed by atoms with Crippen molar-refractivity contribution >= 4 is 23.3 Å². The predicted octanol–water partition coefficient (Wildman–Crippen LogP) is 3.24. The number of carbonyl (C=O) groups is 2. The zero-order valence-corrected chi connectivity index (χ0v) is 14.5. The molecule has 0 bridgehead atoms. The molecule has 128 valence electrons. The number of nitrogens with zero attached hydrogens (tertiary/aromatic N) is 2. The number of hydrogen-bond acceptors (Lipinski definition) is 4. The van der Waals surface area contributed by atoms with E-state index >= 15 is 0 Å². The van der Waals surface area contributed by atoms with Crippen LogP contribution in [0.1, 0.15) is 37.2 Å². The van der Waals surface area contributed by atoms with Gasteiger partial charge in [-0.15, -0.1) is 0 Å². The van der Waals surface area contributed by atoms with Gasteiger partial charge in [0.1, 0.15) is 5.76 Å². The second-order valence-electron chi connectivity index (χ2n) is 5.73. The van der Waals surface area contributed by atoms with Crippen molar-refractivity contribution in [3.8, 4) is 0 Å². The van der Waals surface area contributed by atoms with Gasteiger partial charge in [0.25, 0.3) is 0 Å². The van der Waals surface area contributed by atoms with Crippen molar-refractivity contribution in [2.24, 2.45) is 0 Å². The summed E-state index contributed by atoms with van der Waals surface area (Å²) >= 11 is 0. The number of para-hydroxylation sites is 1. The van der Waals surface area contributed by atoms with E-state index in [1.807, 2.05) is 25.1 Å². The molecular formula is C18H23N3O3. The van der Waals surface area contributed by atoms with Gasteiger partial charge in [-0.2, -0.15) is 0 Å². The second kappa shape index (κ2) is 7.77. The molecule has 0 aliphatic rings. The van der Waals surface area contributed by atoms with Crippen molar-refractivity contribution in [3.63, 3.8) is 0 Å². The fourth-order valence-electron chi connectivity index (χ4n) is 2.53. The summed E-state index contributed by atoms with van der Waals surface area (Å²) in [5.41, 5.74) is 2.98. The molecule has 0 spiro atoms. The number of carbonyl (C=O) groups excluding carboxylic acids is 2. The van der Waals surface area contributed by atoms with Gasteiger partial charge in [0, 0.05) is 31.6 Å². The van der Waals surface area contributed by atoms with Gasteiger partial charge in [0.15, 0.2) is 5.82 Å². The van der Waals surface area contributed by atoms with Gasteiger partial charge in [-0.1, -0.05) is 30.3 Å². The maximum absolute atomic E-state index is 12.3. The summed E-state index contributed by atoms with van der Waals surface area (Å²) in [7, 11) is 0. The molecule has 1 heterocycles. The van der Waals surface area contributed by atoms with Crippen LogP contribution >= 0.6 is 0 Å². The van der Waals surface area contributed by atoms with Gasteiger partial charge in [0.05, 0.1) is 0 Å². The SMILES string of the molecule is CCc1cccc(C)c1NC(=O)CCN(C(C)=O)c1cc(C)on1. The molecule has 0 aliphatic carbocycles. The van der Waals surface area contributed by atoms with E-state index in [1.165, 1.54) is 11.8 Å². The van der Waals surface area contributed by atoms with Crippen LogP contribution < -0.4 is 10.2 Å². The normalized spacial score (nSPS) is 10.5. The molecule has 0 unspecified atom stereocenters. The van der Waals surface area contributed by atoms with E-state index in [1.54, 1.807) is 13.0 Å². The Morgan fingerprint density at radius 1 is 1.29 bits per heavy atom. The lowest BCUT2D eigenvalue weighted by molar-refractivity contribution is -0.117. The smallest absolute Gasteiger partial charge is 0.226 e. The molecule has 1 N–H and O–H groups in total. The van der Waals surface area contributed by atoms with Crippen molar-refractivity contribution in [1.29, 1.82) is 0 Å². The van der Waals surface area contributed by atoms with Gasteiger partial charge < -0.3 is 9.84 Å². The van der Waals surface area contributed by atoms with Gasteiger partial charge in [-0.3, -0.25) is 14.5 Å². The minimum Gasteiger partial charge on any atom is -0.360 e. The molecule has 0 atom stereocenters. The van der Waals surface area contributed by atoms with Crippen LogP contribution in [0.2, 0.25) is 0 Å². The molecule has 2 rings (SSSR count). The Kier molecular flexibility index (Phi) is 5.73. The molecule has 6 heteroatoms. The first-order chi connectivity index (χ1) is 11.4. The Balaban J connectivity index is 2.03. The number of anilines is 2. The molecule has 0 radical (unpaired) electrons. The van der Waals surface area contributed by atoms with Crippen LogP contribution in [-0.4, -0.2) is 23.5 Å². The summed E-state index contributed by atoms with van der Waals surface area (Å²) < 4.78 is 5.00. The molecule has 1 aromatic heterocycles. The van der Waals surface area contributed by atoms with Gasteiger partial charge >= 0.3 is 0 Å². The molecule has 0 saturated heterocycles. The highest BCUT2D eigenvalue weighted by Crippen LogP contribution is 2.21. The van der Waals surface area contributed by atoms with Crippen molar-refractivity contribution < 1.29 is 14.1 Å². The zero-order chi connectivity index (χ0) is 17.7. The van der Waals surface area contributed by atoms with E-state index in [9.17, 15) is 9.59 Å². The van der Waals surface area contributed by atoms with Crippen molar-refractivity contribution in [3.05, 3.63) is 41.2 Å². The molecule has 6 nitrogen and oxygen atoms in total. The Morgan fingerprint density at radius 3 is 2.62 bits per heavy atom. The first-order valence-electron chi connectivity index (χ1n) is 8.02. The minimum atomic E-state index is -0.179. The number of nitrogens with one attached hydrogen (secondary N) is 1. The van der Waals surface area contributed by atoms with Gasteiger partial charge in [-0.25, -0.2) is 0 Å². The van der Waals surface area contributed by atoms with Crippen LogP contribution in [0, 0.1) is 13.8 Å². The third-order valence-electron chi connectivity index (χ3n) is 3.84. The largest absolute Gasteiger partial charge is 0.360 e. The maximum Gasteiger partial charge on any atom is 0.226 e. The topological polar surface area (TPSA) is 75.4 Å². The van der Waals surface area contributed by atoms with Crippen LogP contribution in [0.5, 0.6) is 0 Å². The Morgan fingerprint density at radius 2 is 2.04 bits per heavy atom. The van der Waals surface area contributed by atoms with Crippen LogP contribution in [0.4, 0.5) is 11.5 Å². The lowest BCUT2D eigenvalue weighted by atomic mass is 10.1. The minimum absolute atomic E-state index is 0.134. The lowest BCUT2D eigenvalue weighted by Crippen LogP contribution is -2.32. The average molecular weight is 329 g/mol. The van der Waals surface area contributed by atoms with Crippen LogP contribution in [0.15, 0.2) is 28.8 Å². The van der Waals surface area contributed by atoms with Crippen LogP contribution in [0.3, 0.4) is 0 Å². The highest BCUT2D eigenvalue weighted by atomic mass is 16.5. The second-order valence-corrected chi connectivity index (χ2v) is 5.73. The van der Waals surface area contributed by atoms with Crippen molar-refractivity contribution in [1.82, 2.24) is 5.16 Å². The Bertz CT molecular complexity index is 737.